The quantitative estimate of drug-likeness (QED) is 0.133. The Morgan fingerprint density at radius 2 is 1.73 bits per heavy atom. The van der Waals surface area contributed by atoms with E-state index < -0.39 is 41.3 Å². The van der Waals surface area contributed by atoms with E-state index in [0.29, 0.717) is 90.2 Å². The van der Waals surface area contributed by atoms with E-state index in [1.165, 1.54) is 24.2 Å². The van der Waals surface area contributed by atoms with Crippen LogP contribution in [0.4, 0.5) is 5.69 Å². The Morgan fingerprint density at radius 3 is 2.49 bits per heavy atom. The SMILES string of the molecule is CO[C@@H](C)c1ncc(N2CCN(C3CC3)CC2)cc1-c1c2c3cc(ccc3n1CCOC1CCOCC1)-c1coc(n1)[C@@H](N1CCOCC1)[C@H](NC(=O)[C@@H]1[C@@H](C)[C@H]1c1ccncn1)C(=O)N1CCC[C@H](N1)C(=O)OCC(C)(C)C2. The van der Waals surface area contributed by atoms with Gasteiger partial charge in [-0.3, -0.25) is 34.2 Å². The van der Waals surface area contributed by atoms with Gasteiger partial charge in [-0.25, -0.2) is 20.4 Å². The third kappa shape index (κ3) is 11.3. The first-order chi connectivity index (χ1) is 38.4. The summed E-state index contributed by atoms with van der Waals surface area (Å²) >= 11 is 0. The molecule has 6 fully saturated rings. The van der Waals surface area contributed by atoms with Gasteiger partial charge in [-0.05, 0) is 87.6 Å². The number of piperazine rings is 1. The normalized spacial score (nSPS) is 26.9. The number of hydrazine groups is 1. The summed E-state index contributed by atoms with van der Waals surface area (Å²) in [4.78, 5) is 70.8. The average molecular weight is 1080 g/mol. The fraction of sp³-hybridized carbons (Fsp3) is 0.610. The maximum Gasteiger partial charge on any atom is 0.324 e. The lowest BCUT2D eigenvalue weighted by atomic mass is 9.84. The maximum atomic E-state index is 15.4. The van der Waals surface area contributed by atoms with E-state index in [0.717, 1.165) is 89.4 Å². The van der Waals surface area contributed by atoms with Gasteiger partial charge in [0, 0.05) is 130 Å². The summed E-state index contributed by atoms with van der Waals surface area (Å²) in [7, 11) is 1.73. The lowest BCUT2D eigenvalue weighted by molar-refractivity contribution is -0.156. The molecule has 422 valence electrons. The van der Waals surface area contributed by atoms with Crippen molar-refractivity contribution in [3.05, 3.63) is 78.2 Å². The largest absolute Gasteiger partial charge is 0.464 e. The lowest BCUT2D eigenvalue weighted by Crippen LogP contribution is -2.63. The number of rotatable bonds is 13. The summed E-state index contributed by atoms with van der Waals surface area (Å²) < 4.78 is 39.7. The highest BCUT2D eigenvalue weighted by atomic mass is 16.5. The molecule has 1 aromatic carbocycles. The average Bonchev–Trinajstić information content (AvgIpc) is 4.53. The third-order valence-corrected chi connectivity index (χ3v) is 17.7. The van der Waals surface area contributed by atoms with Crippen molar-refractivity contribution >= 4 is 34.4 Å². The van der Waals surface area contributed by atoms with Gasteiger partial charge in [-0.2, -0.15) is 0 Å². The highest BCUT2D eigenvalue weighted by Gasteiger charge is 2.55. The number of carbonyl (C=O) groups excluding carboxylic acids is 3. The lowest BCUT2D eigenvalue weighted by Gasteiger charge is -2.40. The molecule has 9 heterocycles. The highest BCUT2D eigenvalue weighted by Crippen LogP contribution is 2.53. The summed E-state index contributed by atoms with van der Waals surface area (Å²) in [6, 6.07) is 8.50. The number of ether oxygens (including phenoxy) is 5. The number of oxazole rings is 1. The number of cyclic esters (lactones) is 1. The van der Waals surface area contributed by atoms with Crippen LogP contribution in [0.25, 0.3) is 33.4 Å². The molecular formula is C59H77N11O9. The van der Waals surface area contributed by atoms with E-state index in [2.05, 4.69) is 85.0 Å². The second kappa shape index (κ2) is 22.9. The van der Waals surface area contributed by atoms with Gasteiger partial charge in [0.1, 0.15) is 36.4 Å². The van der Waals surface area contributed by atoms with Crippen LogP contribution >= 0.6 is 0 Å². The van der Waals surface area contributed by atoms with Crippen molar-refractivity contribution in [1.82, 2.24) is 50.1 Å². The molecule has 4 aromatic heterocycles. The number of hydrogen-bond donors (Lipinski definition) is 2. The van der Waals surface area contributed by atoms with E-state index in [4.69, 9.17) is 38.1 Å². The minimum Gasteiger partial charge on any atom is -0.464 e. The van der Waals surface area contributed by atoms with Crippen molar-refractivity contribution in [2.45, 2.75) is 121 Å². The molecule has 0 unspecified atom stereocenters. The number of esters is 1. The summed E-state index contributed by atoms with van der Waals surface area (Å²) in [6.45, 7) is 16.8. The number of pyridine rings is 1. The van der Waals surface area contributed by atoms with Gasteiger partial charge in [0.2, 0.25) is 11.8 Å². The van der Waals surface area contributed by atoms with Crippen LogP contribution in [0.15, 0.2) is 59.7 Å². The Hall–Kier alpha value is -5.87. The van der Waals surface area contributed by atoms with E-state index in [1.54, 1.807) is 19.6 Å². The van der Waals surface area contributed by atoms with Crippen molar-refractivity contribution in [3.63, 3.8) is 0 Å². The number of carbonyl (C=O) groups is 3. The van der Waals surface area contributed by atoms with Gasteiger partial charge in [0.25, 0.3) is 5.91 Å². The maximum absolute atomic E-state index is 15.4. The molecule has 2 saturated carbocycles. The highest BCUT2D eigenvalue weighted by molar-refractivity contribution is 5.96. The molecule has 5 aliphatic heterocycles. The smallest absolute Gasteiger partial charge is 0.324 e. The first kappa shape index (κ1) is 53.8. The molecule has 20 heteroatoms. The second-order valence-electron chi connectivity index (χ2n) is 23.6. The molecule has 79 heavy (non-hydrogen) atoms. The van der Waals surface area contributed by atoms with Crippen molar-refractivity contribution in [2.24, 2.45) is 17.3 Å². The van der Waals surface area contributed by atoms with Crippen LogP contribution in [0, 0.1) is 17.3 Å². The number of nitrogens with one attached hydrogen (secondary N) is 2. The monoisotopic (exact) mass is 1080 g/mol. The van der Waals surface area contributed by atoms with Crippen molar-refractivity contribution in [1.29, 1.82) is 0 Å². The molecule has 2 amide bonds. The fourth-order valence-electron chi connectivity index (χ4n) is 12.9. The standard InChI is InChI=1S/C59H77N11O9/c1-36-49(45-12-15-60-35-62-45)50(36)55(71)64-52-54(68-21-26-76-27-22-68)56-63-47(33-78-56)38-8-11-48-42(29-38)44(31-59(3,4)34-79-58(73)46-7-6-16-70(65-46)57(52)72)53(69(48)23-28-77-41-13-24-75-25-14-41)43-30-40(32-61-51(43)37(2)74-5)67-19-17-66(18-20-67)39-9-10-39/h8,11-12,15,29-30,32-33,35-37,39,41,46,49-50,52,54,65H,6-7,9-10,13-14,16-28,31,34H2,1-5H3,(H,64,71)/t36-,37-,46-,49-,50+,52-,54-/m0/s1. The Bertz CT molecular complexity index is 2980. The first-order valence-electron chi connectivity index (χ1n) is 28.9. The predicted molar refractivity (Wildman–Crippen MR) is 293 cm³/mol. The summed E-state index contributed by atoms with van der Waals surface area (Å²) in [5.41, 5.74) is 10.8. The first-order valence-corrected chi connectivity index (χ1v) is 28.9. The van der Waals surface area contributed by atoms with E-state index in [-0.39, 0.29) is 42.4 Å². The number of hydrogen-bond acceptors (Lipinski definition) is 17. The predicted octanol–water partition coefficient (Wildman–Crippen LogP) is 5.86. The van der Waals surface area contributed by atoms with Crippen molar-refractivity contribution < 1.29 is 42.5 Å². The number of fused-ring (bicyclic) bond motifs is 6. The Balaban J connectivity index is 0.992. The van der Waals surface area contributed by atoms with Gasteiger partial charge >= 0.3 is 5.97 Å². The number of amides is 2. The number of anilines is 1. The summed E-state index contributed by atoms with van der Waals surface area (Å²) in [6.07, 6.45) is 12.4. The molecule has 5 aromatic rings. The Morgan fingerprint density at radius 1 is 0.937 bits per heavy atom. The summed E-state index contributed by atoms with van der Waals surface area (Å²) in [5, 5.41) is 5.73. The zero-order chi connectivity index (χ0) is 54.4. The van der Waals surface area contributed by atoms with Gasteiger partial charge < -0.3 is 42.9 Å². The molecule has 4 saturated heterocycles. The molecule has 2 aliphatic carbocycles. The Labute approximate surface area is 462 Å². The Kier molecular flexibility index (Phi) is 15.6. The zero-order valence-corrected chi connectivity index (χ0v) is 46.4. The van der Waals surface area contributed by atoms with Gasteiger partial charge in [-0.15, -0.1) is 0 Å². The van der Waals surface area contributed by atoms with Crippen LogP contribution in [0.3, 0.4) is 0 Å². The fourth-order valence-corrected chi connectivity index (χ4v) is 12.9. The van der Waals surface area contributed by atoms with Crippen LogP contribution < -0.4 is 15.6 Å². The number of methoxy groups -OCH3 is 1. The van der Waals surface area contributed by atoms with Crippen molar-refractivity contribution in [2.75, 3.05) is 97.5 Å². The molecule has 6 bridgehead atoms. The molecule has 12 rings (SSSR count). The minimum atomic E-state index is -1.17. The van der Waals surface area contributed by atoms with Crippen LogP contribution in [-0.4, -0.2) is 174 Å². The molecule has 7 aliphatic rings. The van der Waals surface area contributed by atoms with Gasteiger partial charge in [0.05, 0.1) is 61.9 Å². The van der Waals surface area contributed by atoms with Gasteiger partial charge in [-0.1, -0.05) is 26.8 Å². The van der Waals surface area contributed by atoms with Crippen LogP contribution in [0.2, 0.25) is 0 Å². The number of nitrogens with zero attached hydrogens (tertiary/aromatic N) is 9. The molecule has 0 radical (unpaired) electrons. The zero-order valence-electron chi connectivity index (χ0n) is 46.4. The van der Waals surface area contributed by atoms with Crippen LogP contribution in [-0.2, 0) is 51.0 Å². The number of morpholine rings is 1. The molecule has 7 atom stereocenters. The van der Waals surface area contributed by atoms with Crippen molar-refractivity contribution in [3.8, 4) is 22.5 Å². The molecule has 20 nitrogen and oxygen atoms in total. The van der Waals surface area contributed by atoms with Crippen LogP contribution in [0.1, 0.15) is 107 Å². The summed E-state index contributed by atoms with van der Waals surface area (Å²) in [5.74, 6) is -1.42. The van der Waals surface area contributed by atoms with E-state index in [9.17, 15) is 9.59 Å². The molecular weight excluding hydrogens is 1010 g/mol. The number of aromatic nitrogens is 5. The topological polar surface area (TPSA) is 204 Å². The van der Waals surface area contributed by atoms with Crippen LogP contribution in [0.5, 0.6) is 0 Å². The molecule has 2 N–H and O–H groups in total. The van der Waals surface area contributed by atoms with E-state index in [1.807, 2.05) is 19.2 Å². The number of benzene rings is 1. The second-order valence-corrected chi connectivity index (χ2v) is 23.6. The minimum absolute atomic E-state index is 0.0199. The van der Waals surface area contributed by atoms with E-state index >= 15 is 4.79 Å². The third-order valence-electron chi connectivity index (χ3n) is 17.7. The van der Waals surface area contributed by atoms with Gasteiger partial charge in [0.15, 0.2) is 0 Å². The molecule has 0 spiro atoms.